The molecule has 3 rings (SSSR count). The second kappa shape index (κ2) is 8.48. The average molecular weight is 373 g/mol. The van der Waals surface area contributed by atoms with Crippen molar-refractivity contribution in [3.05, 3.63) is 65.8 Å². The highest BCUT2D eigenvalue weighted by atomic mass is 32.2. The molecule has 0 unspecified atom stereocenters. The van der Waals surface area contributed by atoms with Gasteiger partial charge in [0.05, 0.1) is 6.42 Å². The summed E-state index contributed by atoms with van der Waals surface area (Å²) in [4.78, 5) is 13.0. The molecule has 1 amide bonds. The number of amides is 1. The van der Waals surface area contributed by atoms with Crippen LogP contribution < -0.4 is 10.1 Å². The zero-order chi connectivity index (χ0) is 18.4. The molecule has 1 N–H and O–H groups in total. The Bertz CT molecular complexity index is 866. The van der Waals surface area contributed by atoms with Crippen LogP contribution in [0.15, 0.2) is 57.8 Å². The lowest BCUT2D eigenvalue weighted by atomic mass is 10.1. The Kier molecular flexibility index (Phi) is 5.85. The van der Waals surface area contributed by atoms with Gasteiger partial charge in [-0.25, -0.2) is 4.39 Å². The Morgan fingerprint density at radius 3 is 2.58 bits per heavy atom. The van der Waals surface area contributed by atoms with Crippen LogP contribution in [0.2, 0.25) is 0 Å². The molecule has 2 aromatic carbocycles. The van der Waals surface area contributed by atoms with Gasteiger partial charge in [0.15, 0.2) is 6.61 Å². The van der Waals surface area contributed by atoms with Crippen LogP contribution in [-0.4, -0.2) is 29.0 Å². The monoisotopic (exact) mass is 373 g/mol. The Balaban J connectivity index is 1.50. The van der Waals surface area contributed by atoms with Gasteiger partial charge in [0.1, 0.15) is 11.6 Å². The van der Waals surface area contributed by atoms with Crippen molar-refractivity contribution in [1.82, 2.24) is 10.2 Å². The summed E-state index contributed by atoms with van der Waals surface area (Å²) in [6, 6.07) is 13.4. The number of hydrogen-bond acceptors (Lipinski definition) is 6. The number of halogens is 1. The molecule has 134 valence electrons. The highest BCUT2D eigenvalue weighted by molar-refractivity contribution is 7.98. The number of hydrogen-bond donors (Lipinski definition) is 1. The second-order valence-electron chi connectivity index (χ2n) is 5.32. The van der Waals surface area contributed by atoms with Crippen LogP contribution in [-0.2, 0) is 11.2 Å². The molecule has 0 fully saturated rings. The number of benzene rings is 2. The van der Waals surface area contributed by atoms with Crippen molar-refractivity contribution in [3.63, 3.8) is 0 Å². The van der Waals surface area contributed by atoms with Gasteiger partial charge in [-0.05, 0) is 48.2 Å². The molecule has 0 aliphatic heterocycles. The third kappa shape index (κ3) is 5.06. The molecular weight excluding hydrogens is 357 g/mol. The summed E-state index contributed by atoms with van der Waals surface area (Å²) in [6.45, 7) is -0.251. The van der Waals surface area contributed by atoms with E-state index in [1.807, 2.05) is 30.5 Å². The van der Waals surface area contributed by atoms with E-state index in [2.05, 4.69) is 15.5 Å². The SMILES string of the molecule is CSc1ccc(Cc2nnc(NC(=O)COc3ccc(F)cc3)o2)cc1. The number of anilines is 1. The fraction of sp³-hybridized carbons (Fsp3) is 0.167. The van der Waals surface area contributed by atoms with E-state index < -0.39 is 5.91 Å². The zero-order valence-corrected chi connectivity index (χ0v) is 14.8. The molecule has 0 saturated heterocycles. The highest BCUT2D eigenvalue weighted by Gasteiger charge is 2.11. The number of ether oxygens (including phenoxy) is 1. The number of rotatable bonds is 7. The van der Waals surface area contributed by atoms with Gasteiger partial charge in [0, 0.05) is 4.90 Å². The van der Waals surface area contributed by atoms with Crippen molar-refractivity contribution in [2.24, 2.45) is 0 Å². The molecule has 0 bridgehead atoms. The summed E-state index contributed by atoms with van der Waals surface area (Å²) >= 11 is 1.67. The van der Waals surface area contributed by atoms with Gasteiger partial charge in [-0.3, -0.25) is 10.1 Å². The molecule has 6 nitrogen and oxygen atoms in total. The standard InChI is InChI=1S/C18H16FN3O3S/c1-26-15-8-2-12(3-9-15)10-17-21-22-18(25-17)20-16(23)11-24-14-6-4-13(19)5-7-14/h2-9H,10-11H2,1H3,(H,20,22,23). The number of carbonyl (C=O) groups is 1. The fourth-order valence-electron chi connectivity index (χ4n) is 2.13. The predicted octanol–water partition coefficient (Wildman–Crippen LogP) is 3.54. The molecule has 8 heteroatoms. The van der Waals surface area contributed by atoms with Gasteiger partial charge in [0.2, 0.25) is 5.89 Å². The summed E-state index contributed by atoms with van der Waals surface area (Å²) in [7, 11) is 0. The summed E-state index contributed by atoms with van der Waals surface area (Å²) in [6.07, 6.45) is 2.49. The highest BCUT2D eigenvalue weighted by Crippen LogP contribution is 2.17. The van der Waals surface area contributed by atoms with E-state index in [4.69, 9.17) is 9.15 Å². The van der Waals surface area contributed by atoms with Gasteiger partial charge in [-0.2, -0.15) is 0 Å². The van der Waals surface area contributed by atoms with Gasteiger partial charge in [0.25, 0.3) is 5.91 Å². The first-order valence-electron chi connectivity index (χ1n) is 7.76. The molecule has 0 aliphatic carbocycles. The Hall–Kier alpha value is -2.87. The van der Waals surface area contributed by atoms with Gasteiger partial charge in [-0.15, -0.1) is 16.9 Å². The Morgan fingerprint density at radius 2 is 1.88 bits per heavy atom. The second-order valence-corrected chi connectivity index (χ2v) is 6.20. The first-order valence-corrected chi connectivity index (χ1v) is 8.98. The predicted molar refractivity (Wildman–Crippen MR) is 95.9 cm³/mol. The lowest BCUT2D eigenvalue weighted by Crippen LogP contribution is -2.20. The molecule has 26 heavy (non-hydrogen) atoms. The third-order valence-corrected chi connectivity index (χ3v) is 4.15. The van der Waals surface area contributed by atoms with Gasteiger partial charge < -0.3 is 9.15 Å². The van der Waals surface area contributed by atoms with E-state index in [1.165, 1.54) is 29.2 Å². The molecule has 1 heterocycles. The van der Waals surface area contributed by atoms with Crippen molar-refractivity contribution < 1.29 is 18.3 Å². The molecule has 3 aromatic rings. The summed E-state index contributed by atoms with van der Waals surface area (Å²) in [5.41, 5.74) is 1.03. The Morgan fingerprint density at radius 1 is 1.15 bits per heavy atom. The van der Waals surface area contributed by atoms with Crippen molar-refractivity contribution in [1.29, 1.82) is 0 Å². The maximum absolute atomic E-state index is 12.8. The minimum atomic E-state index is -0.450. The van der Waals surface area contributed by atoms with E-state index in [-0.39, 0.29) is 18.4 Å². The van der Waals surface area contributed by atoms with Gasteiger partial charge in [-0.1, -0.05) is 17.2 Å². The van der Waals surface area contributed by atoms with Gasteiger partial charge >= 0.3 is 6.01 Å². The van der Waals surface area contributed by atoms with Crippen LogP contribution in [0.1, 0.15) is 11.5 Å². The molecule has 1 aromatic heterocycles. The maximum atomic E-state index is 12.8. The average Bonchev–Trinajstić information content (AvgIpc) is 3.08. The fourth-order valence-corrected chi connectivity index (χ4v) is 2.54. The topological polar surface area (TPSA) is 77.2 Å². The van der Waals surface area contributed by atoms with Crippen molar-refractivity contribution in [2.45, 2.75) is 11.3 Å². The van der Waals surface area contributed by atoms with Crippen LogP contribution in [0, 0.1) is 5.82 Å². The first kappa shape index (κ1) is 17.9. The molecular formula is C18H16FN3O3S. The van der Waals surface area contributed by atoms with E-state index in [0.29, 0.717) is 18.1 Å². The smallest absolute Gasteiger partial charge is 0.322 e. The lowest BCUT2D eigenvalue weighted by Gasteiger charge is -2.04. The lowest BCUT2D eigenvalue weighted by molar-refractivity contribution is -0.118. The van der Waals surface area contributed by atoms with Crippen LogP contribution in [0.3, 0.4) is 0 Å². The van der Waals surface area contributed by atoms with Crippen molar-refractivity contribution >= 4 is 23.7 Å². The van der Waals surface area contributed by atoms with E-state index in [0.717, 1.165) is 5.56 Å². The van der Waals surface area contributed by atoms with E-state index in [1.54, 1.807) is 11.8 Å². The maximum Gasteiger partial charge on any atom is 0.322 e. The van der Waals surface area contributed by atoms with Crippen molar-refractivity contribution in [2.75, 3.05) is 18.2 Å². The van der Waals surface area contributed by atoms with E-state index >= 15 is 0 Å². The third-order valence-electron chi connectivity index (χ3n) is 3.41. The van der Waals surface area contributed by atoms with Crippen LogP contribution in [0.4, 0.5) is 10.4 Å². The molecule has 0 aliphatic rings. The van der Waals surface area contributed by atoms with Crippen molar-refractivity contribution in [3.8, 4) is 5.75 Å². The van der Waals surface area contributed by atoms with Crippen LogP contribution >= 0.6 is 11.8 Å². The number of carbonyl (C=O) groups excluding carboxylic acids is 1. The molecule has 0 saturated carbocycles. The summed E-state index contributed by atoms with van der Waals surface area (Å²) in [5, 5.41) is 10.2. The number of nitrogens with zero attached hydrogens (tertiary/aromatic N) is 2. The first-order chi connectivity index (χ1) is 12.6. The zero-order valence-electron chi connectivity index (χ0n) is 13.9. The normalized spacial score (nSPS) is 10.5. The molecule has 0 radical (unpaired) electrons. The Labute approximate surface area is 153 Å². The number of nitrogens with one attached hydrogen (secondary N) is 1. The largest absolute Gasteiger partial charge is 0.484 e. The molecule has 0 atom stereocenters. The number of aromatic nitrogens is 2. The van der Waals surface area contributed by atoms with Crippen LogP contribution in [0.5, 0.6) is 5.75 Å². The minimum absolute atomic E-state index is 0.00781. The van der Waals surface area contributed by atoms with Crippen LogP contribution in [0.25, 0.3) is 0 Å². The number of thioether (sulfide) groups is 1. The van der Waals surface area contributed by atoms with E-state index in [9.17, 15) is 9.18 Å². The summed E-state index contributed by atoms with van der Waals surface area (Å²) in [5.74, 6) is -0.0322. The summed E-state index contributed by atoms with van der Waals surface area (Å²) < 4.78 is 23.5. The molecule has 0 spiro atoms. The quantitative estimate of drug-likeness (QED) is 0.639. The minimum Gasteiger partial charge on any atom is -0.484 e.